The Morgan fingerprint density at radius 1 is 0.346 bits per heavy atom. The number of phenolic OH excluding ortho intramolecular Hbond substituents is 2. The summed E-state index contributed by atoms with van der Waals surface area (Å²) in [7, 11) is 0. The van der Waals surface area contributed by atoms with Crippen LogP contribution in [0.5, 0.6) is 11.5 Å². The summed E-state index contributed by atoms with van der Waals surface area (Å²) in [5, 5.41) is 25.5. The Kier molecular flexibility index (Phi) is 13.0. The molecule has 10 aromatic rings. The third-order valence-electron chi connectivity index (χ3n) is 16.2. The second-order valence-electron chi connectivity index (χ2n) is 25.8. The van der Waals surface area contributed by atoms with Crippen molar-refractivity contribution in [2.75, 3.05) is 0 Å². The molecule has 0 spiro atoms. The van der Waals surface area contributed by atoms with E-state index in [4.69, 9.17) is 0 Å². The van der Waals surface area contributed by atoms with Gasteiger partial charge in [-0.05, 0) is 124 Å². The first-order valence-electron chi connectivity index (χ1n) is 27.8. The molecule has 2 atom stereocenters. The zero-order valence-corrected chi connectivity index (χ0v) is 47.5. The highest BCUT2D eigenvalue weighted by molar-refractivity contribution is 6.02. The van der Waals surface area contributed by atoms with E-state index in [-0.39, 0.29) is 33.5 Å². The minimum absolute atomic E-state index is 0.00684. The summed E-state index contributed by atoms with van der Waals surface area (Å²) in [6.07, 6.45) is 4.68. The highest BCUT2D eigenvalue weighted by atomic mass is 16.3. The van der Waals surface area contributed by atoms with Crippen molar-refractivity contribution in [2.45, 2.75) is 117 Å². The molecule has 12 rings (SSSR count). The molecule has 0 aliphatic heterocycles. The van der Waals surface area contributed by atoms with Crippen LogP contribution in [0.3, 0.4) is 0 Å². The molecular weight excluding hydrogens is 949 g/mol. The Morgan fingerprint density at radius 2 is 0.641 bits per heavy atom. The highest BCUT2D eigenvalue weighted by Gasteiger charge is 2.36. The smallest absolute Gasteiger partial charge is 0.123 e. The van der Waals surface area contributed by atoms with Crippen LogP contribution in [-0.4, -0.2) is 20.2 Å². The van der Waals surface area contributed by atoms with E-state index in [1.165, 1.54) is 77.6 Å². The van der Waals surface area contributed by atoms with E-state index in [9.17, 15) is 10.2 Å². The number of benzene rings is 8. The molecule has 0 radical (unpaired) electrons. The summed E-state index contributed by atoms with van der Waals surface area (Å²) < 4.78 is 0. The summed E-state index contributed by atoms with van der Waals surface area (Å²) in [6, 6.07) is 65.2. The number of aromatic amines is 2. The summed E-state index contributed by atoms with van der Waals surface area (Å²) in [5.41, 5.74) is 22.5. The summed E-state index contributed by atoms with van der Waals surface area (Å²) >= 11 is 0. The number of hydrogen-bond acceptors (Lipinski definition) is 2. The number of H-pyrrole nitrogens is 2. The molecule has 2 aliphatic rings. The van der Waals surface area contributed by atoms with Crippen molar-refractivity contribution in [2.24, 2.45) is 0 Å². The van der Waals surface area contributed by atoms with Crippen LogP contribution in [0.25, 0.3) is 45.1 Å². The molecule has 0 saturated heterocycles. The molecule has 0 unspecified atom stereocenters. The monoisotopic (exact) mass is 1020 g/mol. The van der Waals surface area contributed by atoms with Crippen molar-refractivity contribution in [3.63, 3.8) is 0 Å². The van der Waals surface area contributed by atoms with Gasteiger partial charge in [0, 0.05) is 44.8 Å². The quantitative estimate of drug-likeness (QED) is 0.142. The van der Waals surface area contributed by atoms with Crippen LogP contribution >= 0.6 is 0 Å². The first kappa shape index (κ1) is 52.0. The van der Waals surface area contributed by atoms with Crippen LogP contribution in [0, 0.1) is 0 Å². The molecule has 4 N–H and O–H groups in total. The molecule has 2 heterocycles. The van der Waals surface area contributed by atoms with E-state index < -0.39 is 0 Å². The van der Waals surface area contributed by atoms with Crippen LogP contribution in [-0.2, 0) is 21.7 Å². The van der Waals surface area contributed by atoms with Gasteiger partial charge in [0.1, 0.15) is 11.5 Å². The minimum Gasteiger partial charge on any atom is -0.507 e. The van der Waals surface area contributed by atoms with Gasteiger partial charge in [0.15, 0.2) is 0 Å². The van der Waals surface area contributed by atoms with Crippen LogP contribution in [0.2, 0.25) is 0 Å². The zero-order chi connectivity index (χ0) is 55.1. The number of fused-ring (bicyclic) bond motifs is 8. The molecule has 2 aromatic heterocycles. The minimum atomic E-state index is -0.208. The molecule has 0 bridgehead atoms. The lowest BCUT2D eigenvalue weighted by Gasteiger charge is -2.30. The van der Waals surface area contributed by atoms with Crippen molar-refractivity contribution in [3.8, 4) is 11.5 Å². The maximum Gasteiger partial charge on any atom is 0.123 e. The maximum atomic E-state index is 11.5. The van der Waals surface area contributed by atoms with Crippen molar-refractivity contribution < 1.29 is 10.2 Å². The lowest BCUT2D eigenvalue weighted by Crippen LogP contribution is -2.19. The van der Waals surface area contributed by atoms with E-state index in [0.717, 1.165) is 44.7 Å². The Morgan fingerprint density at radius 3 is 0.974 bits per heavy atom. The first-order chi connectivity index (χ1) is 37.1. The van der Waals surface area contributed by atoms with Gasteiger partial charge >= 0.3 is 0 Å². The molecule has 78 heavy (non-hydrogen) atoms. The van der Waals surface area contributed by atoms with Gasteiger partial charge in [0.25, 0.3) is 0 Å². The molecule has 0 fully saturated rings. The normalized spacial score (nSPS) is 15.4. The Labute approximate surface area is 462 Å². The van der Waals surface area contributed by atoms with Crippen LogP contribution < -0.4 is 0 Å². The number of aromatic hydroxyl groups is 2. The molecule has 392 valence electrons. The van der Waals surface area contributed by atoms with E-state index in [1.807, 2.05) is 0 Å². The third-order valence-corrected chi connectivity index (χ3v) is 16.2. The lowest BCUT2D eigenvalue weighted by molar-refractivity contribution is 0.421. The van der Waals surface area contributed by atoms with Crippen LogP contribution in [0.1, 0.15) is 184 Å². The number of rotatable bonds is 4. The van der Waals surface area contributed by atoms with Gasteiger partial charge in [-0.2, -0.15) is 0 Å². The van der Waals surface area contributed by atoms with Crippen molar-refractivity contribution >= 4 is 45.1 Å². The number of aromatic nitrogens is 2. The maximum absolute atomic E-state index is 11.5. The van der Waals surface area contributed by atoms with Gasteiger partial charge in [-0.3, -0.25) is 0 Å². The van der Waals surface area contributed by atoms with E-state index in [0.29, 0.717) is 11.5 Å². The predicted molar refractivity (Wildman–Crippen MR) is 329 cm³/mol. The SMILES string of the molecule is CC(C)(C)c1cc([C@H]2c3ccccc3C=C(c3ccccc3)c3[nH]c4ccccc4c32)cc(C(C)(C)C)c1O.CC(C)(C)c1cc([C@H]2c3ccccc3C=C(c3ccccc3)c3[nH]c4ccccc4c32)cc(C(C)(C)C)c1O. The average Bonchev–Trinajstić information content (AvgIpc) is 4.13. The second kappa shape index (κ2) is 19.4. The first-order valence-corrected chi connectivity index (χ1v) is 27.8. The molecule has 4 nitrogen and oxygen atoms in total. The number of nitrogens with one attached hydrogen (secondary N) is 2. The molecule has 0 amide bonds. The van der Waals surface area contributed by atoms with Crippen molar-refractivity contribution in [1.82, 2.24) is 9.97 Å². The van der Waals surface area contributed by atoms with Gasteiger partial charge in [-0.15, -0.1) is 0 Å². The predicted octanol–water partition coefficient (Wildman–Crippen LogP) is 19.1. The van der Waals surface area contributed by atoms with Crippen LogP contribution in [0.15, 0.2) is 182 Å². The Balaban J connectivity index is 0.000000165. The standard InChI is InChI=1S/2C37H37NO/c2*1-36(2,3)29-21-25(22-30(35(29)39)37(4,5)6)32-26-17-11-10-16-24(26)20-28(23-14-8-7-9-15-23)34-33(32)27-18-12-13-19-31(27)38-34/h2*7-22,32,38-39H,1-6H3/t2*32-/m00/s1. The highest BCUT2D eigenvalue weighted by Crippen LogP contribution is 2.52. The lowest BCUT2D eigenvalue weighted by atomic mass is 9.74. The summed E-state index contributed by atoms with van der Waals surface area (Å²) in [4.78, 5) is 7.65. The van der Waals surface area contributed by atoms with E-state index in [2.05, 4.69) is 287 Å². The molecular formula is C74H74N2O2. The summed E-state index contributed by atoms with van der Waals surface area (Å²) in [5.74, 6) is 0.825. The third kappa shape index (κ3) is 9.40. The van der Waals surface area contributed by atoms with Crippen molar-refractivity contribution in [1.29, 1.82) is 0 Å². The number of hydrogen-bond donors (Lipinski definition) is 4. The van der Waals surface area contributed by atoms with E-state index >= 15 is 0 Å². The van der Waals surface area contributed by atoms with Gasteiger partial charge < -0.3 is 20.2 Å². The van der Waals surface area contributed by atoms with Gasteiger partial charge in [-0.1, -0.05) is 253 Å². The van der Waals surface area contributed by atoms with Gasteiger partial charge in [0.2, 0.25) is 0 Å². The fourth-order valence-corrected chi connectivity index (χ4v) is 12.2. The number of para-hydroxylation sites is 2. The number of phenols is 2. The molecule has 2 aliphatic carbocycles. The second-order valence-corrected chi connectivity index (χ2v) is 25.8. The van der Waals surface area contributed by atoms with Crippen molar-refractivity contribution in [3.05, 3.63) is 271 Å². The van der Waals surface area contributed by atoms with E-state index in [1.54, 1.807) is 0 Å². The van der Waals surface area contributed by atoms with Gasteiger partial charge in [0.05, 0.1) is 11.4 Å². The Hall–Kier alpha value is -8.08. The largest absolute Gasteiger partial charge is 0.507 e. The molecule has 8 aromatic carbocycles. The average molecular weight is 1020 g/mol. The Bertz CT molecular complexity index is 3630. The summed E-state index contributed by atoms with van der Waals surface area (Å²) in [6.45, 7) is 26.2. The molecule has 4 heteroatoms. The molecule has 0 saturated carbocycles. The van der Waals surface area contributed by atoms with Gasteiger partial charge in [-0.25, -0.2) is 0 Å². The fraction of sp³-hybridized carbons (Fsp3) is 0.243. The zero-order valence-electron chi connectivity index (χ0n) is 47.5. The fourth-order valence-electron chi connectivity index (χ4n) is 12.2. The van der Waals surface area contributed by atoms with Crippen LogP contribution in [0.4, 0.5) is 0 Å². The topological polar surface area (TPSA) is 72.0 Å².